The Labute approximate surface area is 73.6 Å². The molecule has 1 saturated heterocycles. The molecular weight excluding hydrogens is 156 g/mol. The molecule has 0 amide bonds. The smallest absolute Gasteiger partial charge is 0.0706 e. The highest BCUT2D eigenvalue weighted by molar-refractivity contribution is 8.00. The molecule has 0 saturated carbocycles. The van der Waals surface area contributed by atoms with Gasteiger partial charge >= 0.3 is 0 Å². The molecule has 1 rings (SSSR count). The topological polar surface area (TPSA) is 20.2 Å². The second kappa shape index (κ2) is 3.36. The van der Waals surface area contributed by atoms with Crippen LogP contribution in [0, 0.1) is 5.41 Å². The van der Waals surface area contributed by atoms with Crippen LogP contribution in [0.15, 0.2) is 0 Å². The van der Waals surface area contributed by atoms with E-state index in [-0.39, 0.29) is 11.5 Å². The van der Waals surface area contributed by atoms with Gasteiger partial charge in [-0.05, 0) is 24.0 Å². The average molecular weight is 174 g/mol. The fourth-order valence-corrected chi connectivity index (χ4v) is 2.97. The van der Waals surface area contributed by atoms with Crippen molar-refractivity contribution in [2.45, 2.75) is 45.0 Å². The Morgan fingerprint density at radius 1 is 1.45 bits per heavy atom. The SMILES string of the molecule is CC(C)(C)C(O)C1CCCS1. The van der Waals surface area contributed by atoms with Gasteiger partial charge in [0.15, 0.2) is 0 Å². The highest BCUT2D eigenvalue weighted by Gasteiger charge is 2.32. The fraction of sp³-hybridized carbons (Fsp3) is 1.00. The summed E-state index contributed by atoms with van der Waals surface area (Å²) in [5.74, 6) is 1.23. The monoisotopic (exact) mass is 174 g/mol. The summed E-state index contributed by atoms with van der Waals surface area (Å²) in [4.78, 5) is 0. The highest BCUT2D eigenvalue weighted by atomic mass is 32.2. The Morgan fingerprint density at radius 3 is 2.45 bits per heavy atom. The first kappa shape index (κ1) is 9.40. The van der Waals surface area contributed by atoms with Crippen molar-refractivity contribution in [1.82, 2.24) is 0 Å². The number of aliphatic hydroxyl groups excluding tert-OH is 1. The molecule has 0 bridgehead atoms. The highest BCUT2D eigenvalue weighted by Crippen LogP contribution is 2.35. The first-order valence-corrected chi connectivity index (χ1v) is 5.36. The van der Waals surface area contributed by atoms with Gasteiger partial charge in [-0.1, -0.05) is 20.8 Å². The molecule has 1 N–H and O–H groups in total. The molecule has 1 heterocycles. The predicted molar refractivity (Wildman–Crippen MR) is 50.9 cm³/mol. The van der Waals surface area contributed by atoms with Gasteiger partial charge < -0.3 is 5.11 Å². The zero-order valence-corrected chi connectivity index (χ0v) is 8.45. The second-order valence-corrected chi connectivity index (χ2v) is 5.71. The van der Waals surface area contributed by atoms with Crippen LogP contribution in [-0.2, 0) is 0 Å². The van der Waals surface area contributed by atoms with E-state index in [4.69, 9.17) is 0 Å². The van der Waals surface area contributed by atoms with E-state index in [1.54, 1.807) is 0 Å². The van der Waals surface area contributed by atoms with Crippen LogP contribution in [0.1, 0.15) is 33.6 Å². The van der Waals surface area contributed by atoms with Gasteiger partial charge in [0.2, 0.25) is 0 Å². The van der Waals surface area contributed by atoms with E-state index in [1.807, 2.05) is 11.8 Å². The van der Waals surface area contributed by atoms with E-state index in [2.05, 4.69) is 20.8 Å². The van der Waals surface area contributed by atoms with E-state index in [0.717, 1.165) is 0 Å². The quantitative estimate of drug-likeness (QED) is 0.658. The Balaban J connectivity index is 2.46. The van der Waals surface area contributed by atoms with E-state index in [1.165, 1.54) is 18.6 Å². The molecule has 2 atom stereocenters. The van der Waals surface area contributed by atoms with Crippen LogP contribution >= 0.6 is 11.8 Å². The van der Waals surface area contributed by atoms with Gasteiger partial charge in [0, 0.05) is 5.25 Å². The minimum absolute atomic E-state index is 0.0575. The third-order valence-electron chi connectivity index (χ3n) is 2.20. The zero-order chi connectivity index (χ0) is 8.48. The molecule has 0 spiro atoms. The van der Waals surface area contributed by atoms with Crippen LogP contribution in [0.4, 0.5) is 0 Å². The van der Waals surface area contributed by atoms with Crippen LogP contribution in [0.2, 0.25) is 0 Å². The van der Waals surface area contributed by atoms with Gasteiger partial charge in [-0.15, -0.1) is 0 Å². The standard InChI is InChI=1S/C9H18OS/c1-9(2,3)8(10)7-5-4-6-11-7/h7-8,10H,4-6H2,1-3H3. The van der Waals surface area contributed by atoms with Crippen molar-refractivity contribution in [1.29, 1.82) is 0 Å². The Bertz CT molecular complexity index is 122. The van der Waals surface area contributed by atoms with E-state index < -0.39 is 0 Å². The zero-order valence-electron chi connectivity index (χ0n) is 7.63. The predicted octanol–water partition coefficient (Wildman–Crippen LogP) is 2.29. The maximum Gasteiger partial charge on any atom is 0.0706 e. The average Bonchev–Trinajstić information content (AvgIpc) is 2.34. The summed E-state index contributed by atoms with van der Waals surface area (Å²) in [6.07, 6.45) is 2.35. The summed E-state index contributed by atoms with van der Waals surface area (Å²) in [6, 6.07) is 0. The number of aliphatic hydroxyl groups is 1. The molecule has 0 aromatic carbocycles. The molecule has 0 aromatic rings. The maximum atomic E-state index is 9.86. The van der Waals surface area contributed by atoms with E-state index >= 15 is 0 Å². The van der Waals surface area contributed by atoms with Gasteiger partial charge in [0.25, 0.3) is 0 Å². The summed E-state index contributed by atoms with van der Waals surface area (Å²) in [6.45, 7) is 6.32. The number of thioether (sulfide) groups is 1. The summed E-state index contributed by atoms with van der Waals surface area (Å²) < 4.78 is 0. The van der Waals surface area contributed by atoms with E-state index in [9.17, 15) is 5.11 Å². The van der Waals surface area contributed by atoms with Crippen molar-refractivity contribution in [3.05, 3.63) is 0 Å². The van der Waals surface area contributed by atoms with E-state index in [0.29, 0.717) is 5.25 Å². The first-order valence-electron chi connectivity index (χ1n) is 4.31. The summed E-state index contributed by atoms with van der Waals surface area (Å²) in [7, 11) is 0. The second-order valence-electron chi connectivity index (χ2n) is 4.36. The lowest BCUT2D eigenvalue weighted by molar-refractivity contribution is 0.0607. The third kappa shape index (κ3) is 2.38. The van der Waals surface area contributed by atoms with Gasteiger partial charge in [-0.25, -0.2) is 0 Å². The Hall–Kier alpha value is 0.310. The number of hydrogen-bond acceptors (Lipinski definition) is 2. The van der Waals surface area contributed by atoms with Crippen molar-refractivity contribution < 1.29 is 5.11 Å². The Morgan fingerprint density at radius 2 is 2.09 bits per heavy atom. The fourth-order valence-electron chi connectivity index (χ4n) is 1.41. The summed E-state index contributed by atoms with van der Waals surface area (Å²) in [5.41, 5.74) is 0.0575. The molecule has 1 aliphatic rings. The van der Waals surface area contributed by atoms with Gasteiger partial charge in [0.1, 0.15) is 0 Å². The van der Waals surface area contributed by atoms with Crippen molar-refractivity contribution in [3.8, 4) is 0 Å². The summed E-state index contributed by atoms with van der Waals surface area (Å²) >= 11 is 1.93. The van der Waals surface area contributed by atoms with Crippen molar-refractivity contribution in [2.24, 2.45) is 5.41 Å². The Kier molecular flexibility index (Phi) is 2.87. The molecule has 2 unspecified atom stereocenters. The number of rotatable bonds is 1. The van der Waals surface area contributed by atoms with Crippen molar-refractivity contribution >= 4 is 11.8 Å². The van der Waals surface area contributed by atoms with Gasteiger partial charge in [-0.2, -0.15) is 11.8 Å². The summed E-state index contributed by atoms with van der Waals surface area (Å²) in [5, 5.41) is 10.4. The van der Waals surface area contributed by atoms with Crippen LogP contribution in [-0.4, -0.2) is 22.2 Å². The first-order chi connectivity index (χ1) is 5.02. The van der Waals surface area contributed by atoms with Crippen LogP contribution in [0.3, 0.4) is 0 Å². The molecule has 1 fully saturated rings. The van der Waals surface area contributed by atoms with Crippen LogP contribution in [0.5, 0.6) is 0 Å². The third-order valence-corrected chi connectivity index (χ3v) is 3.65. The molecule has 66 valence electrons. The van der Waals surface area contributed by atoms with Crippen LogP contribution < -0.4 is 0 Å². The van der Waals surface area contributed by atoms with Crippen molar-refractivity contribution in [3.63, 3.8) is 0 Å². The van der Waals surface area contributed by atoms with Gasteiger partial charge in [-0.3, -0.25) is 0 Å². The lowest BCUT2D eigenvalue weighted by Gasteiger charge is -2.30. The molecule has 2 heteroatoms. The maximum absolute atomic E-state index is 9.86. The van der Waals surface area contributed by atoms with Crippen molar-refractivity contribution in [2.75, 3.05) is 5.75 Å². The molecule has 0 radical (unpaired) electrons. The molecule has 0 aromatic heterocycles. The molecule has 1 nitrogen and oxygen atoms in total. The van der Waals surface area contributed by atoms with Gasteiger partial charge in [0.05, 0.1) is 6.10 Å². The molecule has 11 heavy (non-hydrogen) atoms. The number of hydrogen-bond donors (Lipinski definition) is 1. The normalized spacial score (nSPS) is 28.9. The van der Waals surface area contributed by atoms with Crippen LogP contribution in [0.25, 0.3) is 0 Å². The lowest BCUT2D eigenvalue weighted by Crippen LogP contribution is -2.34. The molecule has 1 aliphatic heterocycles. The minimum atomic E-state index is -0.130. The lowest BCUT2D eigenvalue weighted by atomic mass is 9.86. The molecular formula is C9H18OS. The minimum Gasteiger partial charge on any atom is -0.391 e. The largest absolute Gasteiger partial charge is 0.391 e. The molecule has 0 aliphatic carbocycles.